The smallest absolute Gasteiger partial charge is 0.259 e. The lowest BCUT2D eigenvalue weighted by Gasteiger charge is -2.34. The molecule has 15 heteroatoms. The summed E-state index contributed by atoms with van der Waals surface area (Å²) >= 11 is 1.43. The number of carbonyl (C=O) groups excluding carboxylic acids is 2. The molecule has 12 nitrogen and oxygen atoms in total. The van der Waals surface area contributed by atoms with Crippen LogP contribution in [0.2, 0.25) is 0 Å². The number of thiazole rings is 1. The summed E-state index contributed by atoms with van der Waals surface area (Å²) in [5.41, 5.74) is 11.2. The van der Waals surface area contributed by atoms with Gasteiger partial charge in [-0.05, 0) is 82.7 Å². The minimum atomic E-state index is -2.56. The van der Waals surface area contributed by atoms with Crippen LogP contribution in [0.3, 0.4) is 0 Å². The van der Waals surface area contributed by atoms with Crippen molar-refractivity contribution in [3.63, 3.8) is 0 Å². The number of methoxy groups -OCH3 is 2. The molecule has 3 aromatic heterocycles. The molecule has 5 heterocycles. The average Bonchev–Trinajstić information content (AvgIpc) is 3.83. The van der Waals surface area contributed by atoms with E-state index in [4.69, 9.17) is 19.4 Å². The van der Waals surface area contributed by atoms with Crippen molar-refractivity contribution >= 4 is 39.7 Å². The highest BCUT2D eigenvalue weighted by Crippen LogP contribution is 2.44. The Morgan fingerprint density at radius 2 is 1.88 bits per heavy atom. The number of fused-ring (bicyclic) bond motifs is 1. The van der Waals surface area contributed by atoms with E-state index in [1.165, 1.54) is 16.9 Å². The SMILES string of the molecule is CCn1c(-c2cc(N3CCN(C)CC3)cnc2[C@H](C)OC)c(CC(C)(C)COC)c2cc(-c3csc(C[C@H](NC(=O)[C@@H]4C[C@H]4C(F)F)C(=O)N4CCC[C@@H](C)N4)n3)ccc21. The largest absolute Gasteiger partial charge is 0.384 e. The van der Waals surface area contributed by atoms with Crippen LogP contribution in [0.15, 0.2) is 35.8 Å². The first-order chi connectivity index (χ1) is 28.7. The summed E-state index contributed by atoms with van der Waals surface area (Å²) in [6.07, 6.45) is 1.98. The molecule has 2 N–H and O–H groups in total. The Balaban J connectivity index is 1.27. The second-order valence-corrected chi connectivity index (χ2v) is 18.7. The van der Waals surface area contributed by atoms with E-state index in [1.54, 1.807) is 19.2 Å². The van der Waals surface area contributed by atoms with Gasteiger partial charge in [-0.3, -0.25) is 19.6 Å². The van der Waals surface area contributed by atoms with Crippen molar-refractivity contribution in [3.05, 3.63) is 52.1 Å². The fourth-order valence-electron chi connectivity index (χ4n) is 8.94. The average molecular weight is 849 g/mol. The van der Waals surface area contributed by atoms with Crippen LogP contribution in [0.25, 0.3) is 33.4 Å². The van der Waals surface area contributed by atoms with Gasteiger partial charge in [-0.15, -0.1) is 11.3 Å². The summed E-state index contributed by atoms with van der Waals surface area (Å²) in [5, 5.41) is 8.19. The normalized spacial score (nSPS) is 21.1. The van der Waals surface area contributed by atoms with E-state index < -0.39 is 30.2 Å². The third-order valence-corrected chi connectivity index (χ3v) is 13.3. The third-order valence-electron chi connectivity index (χ3n) is 12.4. The number of carbonyl (C=O) groups is 2. The van der Waals surface area contributed by atoms with Gasteiger partial charge in [0.15, 0.2) is 0 Å². The highest BCUT2D eigenvalue weighted by Gasteiger charge is 2.49. The topological polar surface area (TPSA) is 117 Å². The van der Waals surface area contributed by atoms with Gasteiger partial charge >= 0.3 is 0 Å². The summed E-state index contributed by atoms with van der Waals surface area (Å²) in [4.78, 5) is 42.0. The summed E-state index contributed by atoms with van der Waals surface area (Å²) in [7, 11) is 5.63. The van der Waals surface area contributed by atoms with Gasteiger partial charge in [-0.1, -0.05) is 19.9 Å². The summed E-state index contributed by atoms with van der Waals surface area (Å²) < 4.78 is 40.9. The highest BCUT2D eigenvalue weighted by molar-refractivity contribution is 7.10. The van der Waals surface area contributed by atoms with Crippen molar-refractivity contribution in [1.29, 1.82) is 0 Å². The molecule has 1 aromatic carbocycles. The molecule has 1 saturated carbocycles. The molecule has 5 atom stereocenters. The van der Waals surface area contributed by atoms with Crippen LogP contribution in [0.5, 0.6) is 0 Å². The lowest BCUT2D eigenvalue weighted by molar-refractivity contribution is -0.141. The number of nitrogens with zero attached hydrogens (tertiary/aromatic N) is 6. The number of alkyl halides is 2. The van der Waals surface area contributed by atoms with E-state index >= 15 is 0 Å². The number of anilines is 1. The molecular weight excluding hydrogens is 787 g/mol. The molecule has 2 amide bonds. The standard InChI is InChI=1S/C45H62F2N8O4S/c1-9-54-38-13-12-29(37-25-60-39(49-37)22-36(44(57)55-14-10-11-27(2)51-55)50-43(56)33-21-32(33)42(46)47)19-31(38)35(23-45(4,5)26-58-7)41(54)34-20-30(24-48-40(34)28(3)59-8)53-17-15-52(6)16-18-53/h12-13,19-20,24-25,27-28,32-33,36,42,51H,9-11,14-18,21-23,26H2,1-8H3,(H,50,56)/t27-,28+,32-,33-,36+/m1/s1. The van der Waals surface area contributed by atoms with Gasteiger partial charge in [0.1, 0.15) is 6.04 Å². The number of hydrogen-bond acceptors (Lipinski definition) is 10. The molecule has 2 aliphatic heterocycles. The first-order valence-electron chi connectivity index (χ1n) is 21.4. The molecule has 0 radical (unpaired) electrons. The molecule has 0 bridgehead atoms. The second kappa shape index (κ2) is 18.5. The number of amides is 2. The molecule has 60 heavy (non-hydrogen) atoms. The number of ether oxygens (including phenoxy) is 2. The number of aryl methyl sites for hydroxylation is 1. The molecule has 4 aromatic rings. The quantitative estimate of drug-likeness (QED) is 0.123. The second-order valence-electron chi connectivity index (χ2n) is 17.8. The van der Waals surface area contributed by atoms with Crippen LogP contribution in [-0.2, 0) is 38.4 Å². The Labute approximate surface area is 357 Å². The van der Waals surface area contributed by atoms with Crippen LogP contribution in [0, 0.1) is 17.3 Å². The fourth-order valence-corrected chi connectivity index (χ4v) is 9.79. The number of piperazine rings is 1. The molecular formula is C45H62F2N8O4S. The van der Waals surface area contributed by atoms with Crippen LogP contribution >= 0.6 is 11.3 Å². The molecule has 2 saturated heterocycles. The van der Waals surface area contributed by atoms with Crippen LogP contribution in [-0.4, -0.2) is 115 Å². The molecule has 0 unspecified atom stereocenters. The zero-order chi connectivity index (χ0) is 42.9. The Morgan fingerprint density at radius 3 is 2.55 bits per heavy atom. The van der Waals surface area contributed by atoms with Crippen LogP contribution in [0.1, 0.15) is 76.3 Å². The molecule has 1 aliphatic carbocycles. The maximum atomic E-state index is 13.9. The third kappa shape index (κ3) is 9.55. The van der Waals surface area contributed by atoms with Gasteiger partial charge in [0.05, 0.1) is 46.7 Å². The number of hydrogen-bond donors (Lipinski definition) is 2. The molecule has 7 rings (SSSR count). The van der Waals surface area contributed by atoms with E-state index in [1.807, 2.05) is 25.4 Å². The monoisotopic (exact) mass is 848 g/mol. The van der Waals surface area contributed by atoms with Gasteiger partial charge in [-0.2, -0.15) is 0 Å². The molecule has 326 valence electrons. The number of benzene rings is 1. The van der Waals surface area contributed by atoms with Gasteiger partial charge < -0.3 is 29.2 Å². The summed E-state index contributed by atoms with van der Waals surface area (Å²) in [6, 6.07) is 7.96. The number of halogens is 2. The maximum Gasteiger partial charge on any atom is 0.259 e. The first kappa shape index (κ1) is 44.0. The highest BCUT2D eigenvalue weighted by atomic mass is 32.1. The Morgan fingerprint density at radius 1 is 1.12 bits per heavy atom. The first-order valence-corrected chi connectivity index (χ1v) is 22.3. The van der Waals surface area contributed by atoms with Crippen molar-refractivity contribution < 1.29 is 27.8 Å². The molecule has 3 aliphatic rings. The van der Waals surface area contributed by atoms with Crippen LogP contribution < -0.4 is 15.6 Å². The minimum Gasteiger partial charge on any atom is -0.384 e. The van der Waals surface area contributed by atoms with E-state index in [2.05, 4.69) is 77.2 Å². The van der Waals surface area contributed by atoms with Crippen molar-refractivity contribution in [2.24, 2.45) is 17.3 Å². The summed E-state index contributed by atoms with van der Waals surface area (Å²) in [5.74, 6) is -2.53. The van der Waals surface area contributed by atoms with E-state index in [0.717, 1.165) is 96.8 Å². The minimum absolute atomic E-state index is 0.104. The lowest BCUT2D eigenvalue weighted by atomic mass is 9.84. The lowest BCUT2D eigenvalue weighted by Crippen LogP contribution is -2.58. The number of rotatable bonds is 16. The van der Waals surface area contributed by atoms with Crippen molar-refractivity contribution in [2.75, 3.05) is 65.5 Å². The van der Waals surface area contributed by atoms with Crippen molar-refractivity contribution in [2.45, 2.75) is 97.9 Å². The zero-order valence-corrected chi connectivity index (χ0v) is 37.2. The Hall–Kier alpha value is -4.02. The van der Waals surface area contributed by atoms with E-state index in [0.29, 0.717) is 18.2 Å². The number of aromatic nitrogens is 3. The van der Waals surface area contributed by atoms with Gasteiger partial charge in [0.2, 0.25) is 12.3 Å². The van der Waals surface area contributed by atoms with Crippen molar-refractivity contribution in [3.8, 4) is 22.5 Å². The number of pyridine rings is 1. The molecule has 0 spiro atoms. The fraction of sp³-hybridized carbons (Fsp3) is 0.600. The van der Waals surface area contributed by atoms with Gasteiger partial charge in [-0.25, -0.2) is 19.2 Å². The van der Waals surface area contributed by atoms with Crippen LogP contribution in [0.4, 0.5) is 14.5 Å². The Bertz CT molecular complexity index is 2150. The molecule has 3 fully saturated rings. The van der Waals surface area contributed by atoms with E-state index in [9.17, 15) is 18.4 Å². The van der Waals surface area contributed by atoms with Gasteiger partial charge in [0, 0.05) is 105 Å². The van der Waals surface area contributed by atoms with Crippen molar-refractivity contribution in [1.82, 2.24) is 35.2 Å². The predicted octanol–water partition coefficient (Wildman–Crippen LogP) is 6.97. The number of nitrogens with one attached hydrogen (secondary N) is 2. The zero-order valence-electron chi connectivity index (χ0n) is 36.4. The predicted molar refractivity (Wildman–Crippen MR) is 233 cm³/mol. The number of likely N-dealkylation sites (N-methyl/N-ethyl adjacent to an activating group) is 1. The number of hydrazine groups is 1. The summed E-state index contributed by atoms with van der Waals surface area (Å²) in [6.45, 7) is 16.4. The van der Waals surface area contributed by atoms with Gasteiger partial charge in [0.25, 0.3) is 5.91 Å². The Kier molecular flexibility index (Phi) is 13.6. The van der Waals surface area contributed by atoms with E-state index in [-0.39, 0.29) is 36.3 Å². The maximum absolute atomic E-state index is 13.9.